The zero-order chi connectivity index (χ0) is 13.0. The van der Waals surface area contributed by atoms with Crippen LogP contribution in [0.25, 0.3) is 0 Å². The molecule has 0 radical (unpaired) electrons. The van der Waals surface area contributed by atoms with Crippen LogP contribution in [0.5, 0.6) is 0 Å². The van der Waals surface area contributed by atoms with E-state index in [0.717, 1.165) is 17.8 Å². The molecule has 0 aromatic carbocycles. The Hall–Kier alpha value is -1.14. The van der Waals surface area contributed by atoms with E-state index in [1.807, 2.05) is 19.2 Å². The molecule has 100 valence electrons. The third-order valence-electron chi connectivity index (χ3n) is 2.67. The van der Waals surface area contributed by atoms with E-state index in [1.54, 1.807) is 17.5 Å². The van der Waals surface area contributed by atoms with Gasteiger partial charge in [-0.3, -0.25) is 0 Å². The van der Waals surface area contributed by atoms with Gasteiger partial charge in [0.05, 0.1) is 18.8 Å². The Bertz CT molecular complexity index is 373. The van der Waals surface area contributed by atoms with Crippen LogP contribution in [-0.2, 0) is 9.47 Å². The molecule has 0 saturated carbocycles. The van der Waals surface area contributed by atoms with Crippen LogP contribution in [0.4, 0.5) is 4.79 Å². The van der Waals surface area contributed by atoms with Crippen LogP contribution in [0.15, 0.2) is 11.6 Å². The number of carbonyl (C=O) groups is 1. The molecule has 1 aromatic heterocycles. The van der Waals surface area contributed by atoms with Crippen molar-refractivity contribution < 1.29 is 14.3 Å². The lowest BCUT2D eigenvalue weighted by molar-refractivity contribution is -0.00533. The van der Waals surface area contributed by atoms with E-state index >= 15 is 0 Å². The van der Waals surface area contributed by atoms with Gasteiger partial charge in [-0.1, -0.05) is 0 Å². The number of hydrogen-bond donors (Lipinski definition) is 1. The topological polar surface area (TPSA) is 60.5 Å². The molecular formula is C12H18N2O3S. The van der Waals surface area contributed by atoms with Crippen LogP contribution in [-0.4, -0.2) is 29.8 Å². The Morgan fingerprint density at radius 1 is 1.61 bits per heavy atom. The van der Waals surface area contributed by atoms with Crippen LogP contribution in [0.3, 0.4) is 0 Å². The average molecular weight is 270 g/mol. The summed E-state index contributed by atoms with van der Waals surface area (Å²) in [6.45, 7) is 4.17. The Balaban J connectivity index is 1.75. The number of alkyl carbamates (subject to hydrolysis) is 1. The SMILES string of the molecule is CC(C)OC(=O)N[C@@H]1CC[C@@H](c2nccs2)OC1. The van der Waals surface area contributed by atoms with E-state index in [9.17, 15) is 4.79 Å². The number of rotatable bonds is 3. The maximum atomic E-state index is 11.4. The predicted octanol–water partition coefficient (Wildman–Crippen LogP) is 2.50. The second-order valence-corrected chi connectivity index (χ2v) is 5.49. The van der Waals surface area contributed by atoms with Crippen molar-refractivity contribution in [3.05, 3.63) is 16.6 Å². The number of ether oxygens (including phenoxy) is 2. The summed E-state index contributed by atoms with van der Waals surface area (Å²) in [4.78, 5) is 15.7. The molecule has 1 amide bonds. The summed E-state index contributed by atoms with van der Waals surface area (Å²) >= 11 is 1.60. The molecule has 0 spiro atoms. The number of thiazole rings is 1. The van der Waals surface area contributed by atoms with Gasteiger partial charge in [0.15, 0.2) is 0 Å². The highest BCUT2D eigenvalue weighted by molar-refractivity contribution is 7.09. The summed E-state index contributed by atoms with van der Waals surface area (Å²) in [6, 6.07) is 0.0347. The van der Waals surface area contributed by atoms with Crippen molar-refractivity contribution in [2.24, 2.45) is 0 Å². The standard InChI is InChI=1S/C12H18N2O3S/c1-8(2)17-12(15)14-9-3-4-10(16-7-9)11-13-5-6-18-11/h5-6,8-10H,3-4,7H2,1-2H3,(H,14,15)/t9-,10+/m1/s1. The first-order valence-electron chi connectivity index (χ1n) is 6.13. The minimum atomic E-state index is -0.369. The molecule has 2 rings (SSSR count). The first-order chi connectivity index (χ1) is 8.65. The maximum Gasteiger partial charge on any atom is 0.407 e. The molecule has 1 aliphatic heterocycles. The zero-order valence-corrected chi connectivity index (χ0v) is 11.4. The second kappa shape index (κ2) is 6.15. The first kappa shape index (κ1) is 13.3. The summed E-state index contributed by atoms with van der Waals surface area (Å²) in [6.07, 6.45) is 3.15. The van der Waals surface area contributed by atoms with Crippen LogP contribution in [0.1, 0.15) is 37.8 Å². The summed E-state index contributed by atoms with van der Waals surface area (Å²) in [7, 11) is 0. The van der Waals surface area contributed by atoms with E-state index in [1.165, 1.54) is 0 Å². The number of aromatic nitrogens is 1. The molecule has 2 atom stereocenters. The number of amides is 1. The maximum absolute atomic E-state index is 11.4. The molecule has 5 nitrogen and oxygen atoms in total. The Kier molecular flexibility index (Phi) is 4.54. The van der Waals surface area contributed by atoms with Gasteiger partial charge in [-0.05, 0) is 26.7 Å². The third kappa shape index (κ3) is 3.68. The van der Waals surface area contributed by atoms with E-state index in [4.69, 9.17) is 9.47 Å². The fourth-order valence-electron chi connectivity index (χ4n) is 1.87. The molecule has 1 aromatic rings. The van der Waals surface area contributed by atoms with E-state index < -0.39 is 0 Å². The molecule has 0 unspecified atom stereocenters. The van der Waals surface area contributed by atoms with E-state index in [2.05, 4.69) is 10.3 Å². The van der Waals surface area contributed by atoms with Gasteiger partial charge >= 0.3 is 6.09 Å². The fourth-order valence-corrected chi connectivity index (χ4v) is 2.59. The van der Waals surface area contributed by atoms with Gasteiger partial charge in [0, 0.05) is 11.6 Å². The fraction of sp³-hybridized carbons (Fsp3) is 0.667. The largest absolute Gasteiger partial charge is 0.447 e. The Morgan fingerprint density at radius 3 is 3.00 bits per heavy atom. The monoisotopic (exact) mass is 270 g/mol. The van der Waals surface area contributed by atoms with Crippen molar-refractivity contribution in [3.8, 4) is 0 Å². The van der Waals surface area contributed by atoms with Gasteiger partial charge < -0.3 is 14.8 Å². The number of hydrogen-bond acceptors (Lipinski definition) is 5. The van der Waals surface area contributed by atoms with Crippen molar-refractivity contribution in [2.45, 2.75) is 44.9 Å². The van der Waals surface area contributed by atoms with E-state index in [-0.39, 0.29) is 24.3 Å². The highest BCUT2D eigenvalue weighted by atomic mass is 32.1. The van der Waals surface area contributed by atoms with Crippen molar-refractivity contribution in [3.63, 3.8) is 0 Å². The molecule has 18 heavy (non-hydrogen) atoms. The lowest BCUT2D eigenvalue weighted by Gasteiger charge is -2.28. The normalized spacial score (nSPS) is 23.9. The van der Waals surface area contributed by atoms with Gasteiger partial charge in [-0.15, -0.1) is 11.3 Å². The summed E-state index contributed by atoms with van der Waals surface area (Å²) in [5.41, 5.74) is 0. The van der Waals surface area contributed by atoms with Gasteiger partial charge in [0.25, 0.3) is 0 Å². The quantitative estimate of drug-likeness (QED) is 0.916. The first-order valence-corrected chi connectivity index (χ1v) is 7.01. The van der Waals surface area contributed by atoms with Crippen LogP contribution in [0, 0.1) is 0 Å². The molecule has 2 heterocycles. The molecule has 1 aliphatic rings. The minimum Gasteiger partial charge on any atom is -0.447 e. The number of carbonyl (C=O) groups excluding carboxylic acids is 1. The molecule has 1 saturated heterocycles. The van der Waals surface area contributed by atoms with Crippen molar-refractivity contribution in [1.29, 1.82) is 0 Å². The van der Waals surface area contributed by atoms with Gasteiger partial charge in [0.2, 0.25) is 0 Å². The van der Waals surface area contributed by atoms with Gasteiger partial charge in [-0.25, -0.2) is 9.78 Å². The number of nitrogens with one attached hydrogen (secondary N) is 1. The summed E-state index contributed by atoms with van der Waals surface area (Å²) in [5, 5.41) is 5.77. The number of nitrogens with zero attached hydrogens (tertiary/aromatic N) is 1. The molecule has 1 fully saturated rings. The van der Waals surface area contributed by atoms with Crippen LogP contribution < -0.4 is 5.32 Å². The Labute approximate surface area is 111 Å². The minimum absolute atomic E-state index is 0.0347. The molecule has 6 heteroatoms. The second-order valence-electron chi connectivity index (χ2n) is 4.56. The predicted molar refractivity (Wildman–Crippen MR) is 68.6 cm³/mol. The molecule has 0 aliphatic carbocycles. The summed E-state index contributed by atoms with van der Waals surface area (Å²) < 4.78 is 10.8. The molecule has 1 N–H and O–H groups in total. The van der Waals surface area contributed by atoms with E-state index in [0.29, 0.717) is 6.61 Å². The lowest BCUT2D eigenvalue weighted by atomic mass is 10.1. The molecule has 0 bridgehead atoms. The average Bonchev–Trinajstić information content (AvgIpc) is 2.82. The van der Waals surface area contributed by atoms with Crippen molar-refractivity contribution >= 4 is 17.4 Å². The van der Waals surface area contributed by atoms with Crippen LogP contribution >= 0.6 is 11.3 Å². The van der Waals surface area contributed by atoms with Crippen LogP contribution in [0.2, 0.25) is 0 Å². The third-order valence-corrected chi connectivity index (χ3v) is 3.54. The van der Waals surface area contributed by atoms with Gasteiger partial charge in [-0.2, -0.15) is 0 Å². The highest BCUT2D eigenvalue weighted by Crippen LogP contribution is 2.29. The lowest BCUT2D eigenvalue weighted by Crippen LogP contribution is -2.42. The summed E-state index contributed by atoms with van der Waals surface area (Å²) in [5.74, 6) is 0. The van der Waals surface area contributed by atoms with Crippen molar-refractivity contribution in [2.75, 3.05) is 6.61 Å². The zero-order valence-electron chi connectivity index (χ0n) is 10.6. The van der Waals surface area contributed by atoms with Gasteiger partial charge in [0.1, 0.15) is 11.1 Å². The Morgan fingerprint density at radius 2 is 2.44 bits per heavy atom. The van der Waals surface area contributed by atoms with Crippen molar-refractivity contribution in [1.82, 2.24) is 10.3 Å². The highest BCUT2D eigenvalue weighted by Gasteiger charge is 2.25. The molecular weight excluding hydrogens is 252 g/mol. The smallest absolute Gasteiger partial charge is 0.407 e.